The molecule has 0 aliphatic rings. The second-order valence-corrected chi connectivity index (χ2v) is 8.35. The quantitative estimate of drug-likeness (QED) is 0.859. The second-order valence-electron chi connectivity index (χ2n) is 4.22. The summed E-state index contributed by atoms with van der Waals surface area (Å²) in [6.07, 6.45) is 0. The van der Waals surface area contributed by atoms with Gasteiger partial charge in [-0.25, -0.2) is 8.42 Å². The van der Waals surface area contributed by atoms with Gasteiger partial charge in [0.15, 0.2) is 9.84 Å². The first-order valence-electron chi connectivity index (χ1n) is 5.28. The van der Waals surface area contributed by atoms with Crippen LogP contribution in [-0.2, 0) is 15.6 Å². The molecular weight excluding hydrogens is 276 g/mol. The highest BCUT2D eigenvalue weighted by Gasteiger charge is 2.18. The van der Waals surface area contributed by atoms with Crippen molar-refractivity contribution in [3.05, 3.63) is 34.2 Å². The van der Waals surface area contributed by atoms with Crippen molar-refractivity contribution in [2.24, 2.45) is 0 Å². The van der Waals surface area contributed by atoms with Gasteiger partial charge in [0.05, 0.1) is 11.0 Å². The molecule has 0 saturated heterocycles. The fourth-order valence-corrected chi connectivity index (χ4v) is 4.23. The van der Waals surface area contributed by atoms with Crippen LogP contribution < -0.4 is 0 Å². The first kappa shape index (κ1) is 12.9. The number of thiophene rings is 1. The van der Waals surface area contributed by atoms with Crippen LogP contribution in [0, 0.1) is 0 Å². The largest absolute Gasteiger partial charge is 0.228 e. The Hall–Kier alpha value is -0.580. The Morgan fingerprint density at radius 2 is 2.06 bits per heavy atom. The Morgan fingerprint density at radius 1 is 1.35 bits per heavy atom. The number of hydrogen-bond acceptors (Lipinski definition) is 3. The highest BCUT2D eigenvalue weighted by atomic mass is 35.5. The Balaban J connectivity index is 2.42. The van der Waals surface area contributed by atoms with Gasteiger partial charge in [-0.2, -0.15) is 0 Å². The molecule has 0 bridgehead atoms. The van der Waals surface area contributed by atoms with Crippen molar-refractivity contribution in [3.8, 4) is 0 Å². The summed E-state index contributed by atoms with van der Waals surface area (Å²) < 4.78 is 24.7. The molecule has 0 N–H and O–H groups in total. The second kappa shape index (κ2) is 4.59. The zero-order chi connectivity index (χ0) is 12.6. The summed E-state index contributed by atoms with van der Waals surface area (Å²) in [5, 5.41) is 1.27. The van der Waals surface area contributed by atoms with Crippen molar-refractivity contribution >= 4 is 42.9 Å². The van der Waals surface area contributed by atoms with E-state index in [1.807, 2.05) is 24.3 Å². The molecule has 0 aliphatic carbocycles. The molecule has 1 aromatic heterocycles. The number of sulfone groups is 1. The molecule has 17 heavy (non-hydrogen) atoms. The molecule has 1 heterocycles. The Kier molecular flexibility index (Phi) is 3.48. The number of benzene rings is 1. The van der Waals surface area contributed by atoms with Crippen LogP contribution in [0.2, 0.25) is 5.02 Å². The first-order chi connectivity index (χ1) is 7.90. The highest BCUT2D eigenvalue weighted by Crippen LogP contribution is 2.32. The van der Waals surface area contributed by atoms with Gasteiger partial charge < -0.3 is 0 Å². The standard InChI is InChI=1S/C12H13ClO2S2/c1-8(2)17(14,15)7-9-6-10-11(13)4-3-5-12(10)16-9/h3-6,8H,7H2,1-2H3. The number of rotatable bonds is 3. The Labute approximate surface area is 110 Å². The maximum absolute atomic E-state index is 11.8. The highest BCUT2D eigenvalue weighted by molar-refractivity contribution is 7.91. The molecule has 5 heteroatoms. The predicted octanol–water partition coefficient (Wildman–Crippen LogP) is 3.88. The lowest BCUT2D eigenvalue weighted by molar-refractivity contribution is 0.587. The molecule has 0 unspecified atom stereocenters. The molecule has 0 atom stereocenters. The lowest BCUT2D eigenvalue weighted by atomic mass is 10.2. The first-order valence-corrected chi connectivity index (χ1v) is 8.19. The van der Waals surface area contributed by atoms with Crippen LogP contribution in [-0.4, -0.2) is 13.7 Å². The van der Waals surface area contributed by atoms with E-state index in [0.29, 0.717) is 5.02 Å². The SMILES string of the molecule is CC(C)S(=O)(=O)Cc1cc2c(Cl)cccc2s1. The molecule has 0 amide bonds. The normalized spacial score (nSPS) is 12.5. The van der Waals surface area contributed by atoms with E-state index in [2.05, 4.69) is 0 Å². The number of halogens is 1. The van der Waals surface area contributed by atoms with Crippen molar-refractivity contribution in [1.82, 2.24) is 0 Å². The van der Waals surface area contributed by atoms with Crippen molar-refractivity contribution in [2.75, 3.05) is 0 Å². The fourth-order valence-electron chi connectivity index (χ4n) is 1.51. The zero-order valence-electron chi connectivity index (χ0n) is 9.60. The van der Waals surface area contributed by atoms with Gasteiger partial charge in [-0.1, -0.05) is 17.7 Å². The van der Waals surface area contributed by atoms with E-state index >= 15 is 0 Å². The molecule has 92 valence electrons. The minimum atomic E-state index is -3.04. The minimum absolute atomic E-state index is 0.0976. The lowest BCUT2D eigenvalue weighted by Gasteiger charge is -2.04. The van der Waals surface area contributed by atoms with Crippen LogP contribution >= 0.6 is 22.9 Å². The molecule has 0 aliphatic heterocycles. The van der Waals surface area contributed by atoms with Gasteiger partial charge in [0.2, 0.25) is 0 Å². The van der Waals surface area contributed by atoms with Gasteiger partial charge in [0, 0.05) is 20.0 Å². The summed E-state index contributed by atoms with van der Waals surface area (Å²) in [5.74, 6) is 0.0976. The molecule has 2 nitrogen and oxygen atoms in total. The molecule has 0 spiro atoms. The van der Waals surface area contributed by atoms with E-state index < -0.39 is 9.84 Å². The third-order valence-corrected chi connectivity index (χ3v) is 6.38. The molecule has 1 aromatic carbocycles. The summed E-state index contributed by atoms with van der Waals surface area (Å²) in [4.78, 5) is 0.849. The monoisotopic (exact) mass is 288 g/mol. The maximum atomic E-state index is 11.8. The van der Waals surface area contributed by atoms with Crippen molar-refractivity contribution in [2.45, 2.75) is 24.9 Å². The van der Waals surface area contributed by atoms with Gasteiger partial charge in [-0.3, -0.25) is 0 Å². The van der Waals surface area contributed by atoms with Crippen LogP contribution in [0.5, 0.6) is 0 Å². The zero-order valence-corrected chi connectivity index (χ0v) is 12.0. The smallest absolute Gasteiger partial charge is 0.157 e. The summed E-state index contributed by atoms with van der Waals surface area (Å²) >= 11 is 7.55. The molecule has 0 radical (unpaired) electrons. The molecule has 2 rings (SSSR count). The van der Waals surface area contributed by atoms with E-state index in [4.69, 9.17) is 11.6 Å². The van der Waals surface area contributed by atoms with Crippen molar-refractivity contribution in [3.63, 3.8) is 0 Å². The van der Waals surface area contributed by atoms with Gasteiger partial charge in [-0.05, 0) is 32.0 Å². The van der Waals surface area contributed by atoms with Crippen molar-refractivity contribution in [1.29, 1.82) is 0 Å². The summed E-state index contributed by atoms with van der Waals surface area (Å²) in [7, 11) is -3.04. The molecule has 0 fully saturated rings. The third kappa shape index (κ3) is 2.64. The van der Waals surface area contributed by atoms with Crippen LogP contribution in [0.1, 0.15) is 18.7 Å². The minimum Gasteiger partial charge on any atom is -0.228 e. The lowest BCUT2D eigenvalue weighted by Crippen LogP contribution is -2.15. The average molecular weight is 289 g/mol. The van der Waals surface area contributed by atoms with Gasteiger partial charge in [-0.15, -0.1) is 11.3 Å². The summed E-state index contributed by atoms with van der Waals surface area (Å²) in [6, 6.07) is 7.53. The van der Waals surface area contributed by atoms with E-state index in [1.54, 1.807) is 13.8 Å². The molecule has 0 saturated carbocycles. The number of hydrogen-bond donors (Lipinski definition) is 0. The Bertz CT molecular complexity index is 642. The van der Waals surface area contributed by atoms with E-state index in [-0.39, 0.29) is 11.0 Å². The van der Waals surface area contributed by atoms with Crippen LogP contribution in [0.15, 0.2) is 24.3 Å². The fraction of sp³-hybridized carbons (Fsp3) is 0.333. The maximum Gasteiger partial charge on any atom is 0.157 e. The average Bonchev–Trinajstić information content (AvgIpc) is 2.60. The molecular formula is C12H13ClO2S2. The Morgan fingerprint density at radius 3 is 2.65 bits per heavy atom. The van der Waals surface area contributed by atoms with E-state index in [9.17, 15) is 8.42 Å². The predicted molar refractivity (Wildman–Crippen MR) is 74.6 cm³/mol. The topological polar surface area (TPSA) is 34.1 Å². The summed E-state index contributed by atoms with van der Waals surface area (Å²) in [5.41, 5.74) is 0. The van der Waals surface area contributed by atoms with E-state index in [1.165, 1.54) is 11.3 Å². The van der Waals surface area contributed by atoms with Crippen molar-refractivity contribution < 1.29 is 8.42 Å². The van der Waals surface area contributed by atoms with Gasteiger partial charge >= 0.3 is 0 Å². The van der Waals surface area contributed by atoms with Crippen LogP contribution in [0.3, 0.4) is 0 Å². The van der Waals surface area contributed by atoms with E-state index in [0.717, 1.165) is 15.0 Å². The van der Waals surface area contributed by atoms with Gasteiger partial charge in [0.1, 0.15) is 0 Å². The van der Waals surface area contributed by atoms with Crippen LogP contribution in [0.25, 0.3) is 10.1 Å². The summed E-state index contributed by atoms with van der Waals surface area (Å²) in [6.45, 7) is 3.41. The third-order valence-electron chi connectivity index (χ3n) is 2.62. The number of fused-ring (bicyclic) bond motifs is 1. The van der Waals surface area contributed by atoms with Gasteiger partial charge in [0.25, 0.3) is 0 Å². The molecule has 2 aromatic rings. The van der Waals surface area contributed by atoms with Crippen LogP contribution in [0.4, 0.5) is 0 Å².